The predicted octanol–water partition coefficient (Wildman–Crippen LogP) is 4.14. The SMILES string of the molecule is COc1ccc(CN2C(=O)CN=C(c3ccccc3)c3sccc32)cc1. The van der Waals surface area contributed by atoms with E-state index in [1.165, 1.54) is 0 Å². The number of amides is 1. The third-order valence-corrected chi connectivity index (χ3v) is 5.28. The lowest BCUT2D eigenvalue weighted by Gasteiger charge is -2.21. The summed E-state index contributed by atoms with van der Waals surface area (Å²) in [7, 11) is 1.65. The van der Waals surface area contributed by atoms with E-state index in [0.717, 1.165) is 33.2 Å². The van der Waals surface area contributed by atoms with Crippen LogP contribution in [0.25, 0.3) is 0 Å². The molecule has 0 fully saturated rings. The molecule has 1 aromatic heterocycles. The summed E-state index contributed by atoms with van der Waals surface area (Å²) in [6, 6.07) is 19.8. The Morgan fingerprint density at radius 1 is 1.08 bits per heavy atom. The molecule has 0 radical (unpaired) electrons. The Labute approximate surface area is 156 Å². The molecule has 3 aromatic rings. The molecule has 5 heteroatoms. The second kappa shape index (κ2) is 7.14. The first-order chi connectivity index (χ1) is 12.8. The fraction of sp³-hybridized carbons (Fsp3) is 0.143. The van der Waals surface area contributed by atoms with E-state index < -0.39 is 0 Å². The van der Waals surface area contributed by atoms with Crippen LogP contribution in [0.3, 0.4) is 0 Å². The van der Waals surface area contributed by atoms with E-state index in [0.29, 0.717) is 6.54 Å². The van der Waals surface area contributed by atoms with Crippen LogP contribution in [0.15, 0.2) is 71.0 Å². The molecule has 0 spiro atoms. The number of carbonyl (C=O) groups excluding carboxylic acids is 1. The van der Waals surface area contributed by atoms with Gasteiger partial charge in [0.05, 0.1) is 29.9 Å². The number of fused-ring (bicyclic) bond motifs is 1. The van der Waals surface area contributed by atoms with E-state index in [1.54, 1.807) is 18.4 Å². The lowest BCUT2D eigenvalue weighted by molar-refractivity contribution is -0.117. The van der Waals surface area contributed by atoms with Crippen molar-refractivity contribution in [1.29, 1.82) is 0 Å². The Morgan fingerprint density at radius 2 is 1.85 bits per heavy atom. The topological polar surface area (TPSA) is 41.9 Å². The number of methoxy groups -OCH3 is 1. The zero-order valence-electron chi connectivity index (χ0n) is 14.4. The number of anilines is 1. The third kappa shape index (κ3) is 3.13. The van der Waals surface area contributed by atoms with Crippen molar-refractivity contribution in [3.63, 3.8) is 0 Å². The number of thiophene rings is 1. The van der Waals surface area contributed by atoms with Crippen molar-refractivity contribution >= 4 is 28.6 Å². The Morgan fingerprint density at radius 3 is 2.58 bits per heavy atom. The maximum Gasteiger partial charge on any atom is 0.249 e. The molecule has 0 bridgehead atoms. The van der Waals surface area contributed by atoms with Gasteiger partial charge in [0, 0.05) is 5.56 Å². The summed E-state index contributed by atoms with van der Waals surface area (Å²) in [6.07, 6.45) is 0. The molecule has 4 nitrogen and oxygen atoms in total. The van der Waals surface area contributed by atoms with Gasteiger partial charge in [0.1, 0.15) is 12.3 Å². The predicted molar refractivity (Wildman–Crippen MR) is 105 cm³/mol. The van der Waals surface area contributed by atoms with Crippen LogP contribution in [-0.4, -0.2) is 25.3 Å². The van der Waals surface area contributed by atoms with Gasteiger partial charge >= 0.3 is 0 Å². The average Bonchev–Trinajstić information content (AvgIpc) is 3.12. The largest absolute Gasteiger partial charge is 0.497 e. The highest BCUT2D eigenvalue weighted by Gasteiger charge is 2.26. The van der Waals surface area contributed by atoms with Gasteiger partial charge in [0.15, 0.2) is 0 Å². The van der Waals surface area contributed by atoms with Crippen LogP contribution in [0.5, 0.6) is 5.75 Å². The summed E-state index contributed by atoms with van der Waals surface area (Å²) >= 11 is 1.62. The number of ether oxygens (including phenoxy) is 1. The number of carbonyl (C=O) groups is 1. The first kappa shape index (κ1) is 16.5. The van der Waals surface area contributed by atoms with E-state index in [2.05, 4.69) is 4.99 Å². The van der Waals surface area contributed by atoms with E-state index in [9.17, 15) is 4.79 Å². The van der Waals surface area contributed by atoms with Crippen LogP contribution in [0, 0.1) is 0 Å². The van der Waals surface area contributed by atoms with Crippen molar-refractivity contribution in [2.45, 2.75) is 6.54 Å². The van der Waals surface area contributed by atoms with Crippen LogP contribution < -0.4 is 9.64 Å². The summed E-state index contributed by atoms with van der Waals surface area (Å²) in [4.78, 5) is 20.3. The number of benzene rings is 2. The van der Waals surface area contributed by atoms with Crippen molar-refractivity contribution in [3.8, 4) is 5.75 Å². The third-order valence-electron chi connectivity index (χ3n) is 4.37. The van der Waals surface area contributed by atoms with Gasteiger partial charge in [0.2, 0.25) is 5.91 Å². The van der Waals surface area contributed by atoms with E-state index in [-0.39, 0.29) is 12.5 Å². The minimum atomic E-state index is 0.00593. The van der Waals surface area contributed by atoms with Gasteiger partial charge in [-0.05, 0) is 29.1 Å². The van der Waals surface area contributed by atoms with Gasteiger partial charge in [-0.15, -0.1) is 11.3 Å². The fourth-order valence-electron chi connectivity index (χ4n) is 3.04. The smallest absolute Gasteiger partial charge is 0.249 e. The lowest BCUT2D eigenvalue weighted by Crippen LogP contribution is -2.31. The molecule has 1 aliphatic heterocycles. The summed E-state index contributed by atoms with van der Waals surface area (Å²) in [6.45, 7) is 0.673. The highest BCUT2D eigenvalue weighted by molar-refractivity contribution is 7.13. The van der Waals surface area contributed by atoms with Crippen molar-refractivity contribution in [2.24, 2.45) is 4.99 Å². The van der Waals surface area contributed by atoms with E-state index in [1.807, 2.05) is 70.9 Å². The molecule has 0 unspecified atom stereocenters. The summed E-state index contributed by atoms with van der Waals surface area (Å²) in [5, 5.41) is 2.02. The summed E-state index contributed by atoms with van der Waals surface area (Å²) < 4.78 is 5.21. The van der Waals surface area contributed by atoms with Crippen LogP contribution in [-0.2, 0) is 11.3 Å². The maximum absolute atomic E-state index is 12.8. The summed E-state index contributed by atoms with van der Waals surface area (Å²) in [5.41, 5.74) is 3.91. The van der Waals surface area contributed by atoms with E-state index in [4.69, 9.17) is 4.74 Å². The molecule has 2 heterocycles. The molecule has 0 saturated carbocycles. The Kier molecular flexibility index (Phi) is 4.54. The second-order valence-electron chi connectivity index (χ2n) is 5.99. The maximum atomic E-state index is 12.8. The monoisotopic (exact) mass is 362 g/mol. The highest BCUT2D eigenvalue weighted by Crippen LogP contribution is 2.32. The molecule has 130 valence electrons. The van der Waals surface area contributed by atoms with Crippen molar-refractivity contribution in [1.82, 2.24) is 0 Å². The quantitative estimate of drug-likeness (QED) is 0.700. The molecule has 1 aliphatic rings. The van der Waals surface area contributed by atoms with Crippen molar-refractivity contribution < 1.29 is 9.53 Å². The van der Waals surface area contributed by atoms with Gasteiger partial charge < -0.3 is 9.64 Å². The molecule has 0 N–H and O–H groups in total. The molecular weight excluding hydrogens is 344 g/mol. The Balaban J connectivity index is 1.69. The van der Waals surface area contributed by atoms with Gasteiger partial charge in [-0.3, -0.25) is 9.79 Å². The van der Waals surface area contributed by atoms with Gasteiger partial charge in [-0.1, -0.05) is 42.5 Å². The number of hydrogen-bond donors (Lipinski definition) is 0. The first-order valence-electron chi connectivity index (χ1n) is 8.37. The van der Waals surface area contributed by atoms with Crippen molar-refractivity contribution in [2.75, 3.05) is 18.6 Å². The number of hydrogen-bond acceptors (Lipinski definition) is 4. The minimum absolute atomic E-state index is 0.00593. The van der Waals surface area contributed by atoms with Crippen LogP contribution in [0.1, 0.15) is 16.0 Å². The molecule has 4 rings (SSSR count). The first-order valence-corrected chi connectivity index (χ1v) is 9.25. The number of aliphatic imine (C=N–C) groups is 1. The Bertz CT molecular complexity index is 946. The zero-order chi connectivity index (χ0) is 17.9. The highest BCUT2D eigenvalue weighted by atomic mass is 32.1. The number of nitrogens with zero attached hydrogens (tertiary/aromatic N) is 2. The lowest BCUT2D eigenvalue weighted by atomic mass is 10.1. The fourth-order valence-corrected chi connectivity index (χ4v) is 3.96. The van der Waals surface area contributed by atoms with Gasteiger partial charge in [-0.25, -0.2) is 0 Å². The van der Waals surface area contributed by atoms with Crippen LogP contribution >= 0.6 is 11.3 Å². The Hall–Kier alpha value is -2.92. The average molecular weight is 362 g/mol. The molecule has 0 aliphatic carbocycles. The molecule has 2 aromatic carbocycles. The number of rotatable bonds is 4. The summed E-state index contributed by atoms with van der Waals surface area (Å²) in [5.74, 6) is 0.813. The molecular formula is C21H18N2O2S. The van der Waals surface area contributed by atoms with Crippen molar-refractivity contribution in [3.05, 3.63) is 82.0 Å². The molecule has 1 amide bonds. The van der Waals surface area contributed by atoms with Crippen LogP contribution in [0.4, 0.5) is 5.69 Å². The molecule has 26 heavy (non-hydrogen) atoms. The van der Waals surface area contributed by atoms with E-state index >= 15 is 0 Å². The van der Waals surface area contributed by atoms with Crippen LogP contribution in [0.2, 0.25) is 0 Å². The molecule has 0 atom stereocenters. The second-order valence-corrected chi connectivity index (χ2v) is 6.91. The standard InChI is InChI=1S/C21H18N2O2S/c1-25-17-9-7-15(8-10-17)14-23-18-11-12-26-21(18)20(22-13-19(23)24)16-5-3-2-4-6-16/h2-12H,13-14H2,1H3. The minimum Gasteiger partial charge on any atom is -0.497 e. The van der Waals surface area contributed by atoms with Gasteiger partial charge in [0.25, 0.3) is 0 Å². The zero-order valence-corrected chi connectivity index (χ0v) is 15.2. The van der Waals surface area contributed by atoms with Gasteiger partial charge in [-0.2, -0.15) is 0 Å². The molecule has 0 saturated heterocycles. The normalized spacial score (nSPS) is 13.8.